The Labute approximate surface area is 93.2 Å². The number of aryl methyl sites for hydroxylation is 1. The predicted octanol–water partition coefficient (Wildman–Crippen LogP) is 2.93. The Morgan fingerprint density at radius 3 is 2.88 bits per heavy atom. The number of imidazole rings is 1. The maximum absolute atomic E-state index is 4.42. The molecule has 0 fully saturated rings. The number of hydrogen-bond acceptors (Lipinski definition) is 2. The molecule has 0 saturated heterocycles. The Morgan fingerprint density at radius 2 is 2.06 bits per heavy atom. The maximum Gasteiger partial charge on any atom is 0.104 e. The maximum atomic E-state index is 4.42. The van der Waals surface area contributed by atoms with E-state index in [1.54, 1.807) is 6.20 Å². The highest BCUT2D eigenvalue weighted by atomic mass is 14.9. The van der Waals surface area contributed by atoms with Gasteiger partial charge in [0.05, 0.1) is 11.0 Å². The van der Waals surface area contributed by atoms with Crippen LogP contribution in [0.3, 0.4) is 0 Å². The zero-order valence-corrected chi connectivity index (χ0v) is 8.94. The second-order valence-corrected chi connectivity index (χ2v) is 3.80. The minimum absolute atomic E-state index is 0.943. The van der Waals surface area contributed by atoms with E-state index in [1.165, 1.54) is 0 Å². The van der Waals surface area contributed by atoms with Gasteiger partial charge < -0.3 is 4.98 Å². The van der Waals surface area contributed by atoms with Crippen LogP contribution in [0.5, 0.6) is 0 Å². The van der Waals surface area contributed by atoms with E-state index in [0.717, 1.165) is 28.0 Å². The Hall–Kier alpha value is -2.16. The molecule has 0 aliphatic rings. The van der Waals surface area contributed by atoms with Crippen molar-refractivity contribution in [2.45, 2.75) is 6.92 Å². The van der Waals surface area contributed by atoms with E-state index in [0.29, 0.717) is 0 Å². The number of fused-ring (bicyclic) bond motifs is 1. The number of rotatable bonds is 1. The second kappa shape index (κ2) is 3.45. The lowest BCUT2D eigenvalue weighted by molar-refractivity contribution is 1.17. The smallest absolute Gasteiger partial charge is 0.104 e. The zero-order valence-electron chi connectivity index (χ0n) is 8.94. The van der Waals surface area contributed by atoms with Crippen LogP contribution in [0.2, 0.25) is 0 Å². The van der Waals surface area contributed by atoms with Gasteiger partial charge in [-0.1, -0.05) is 12.1 Å². The average molecular weight is 209 g/mol. The minimum atomic E-state index is 0.943. The van der Waals surface area contributed by atoms with Crippen LogP contribution in [0.1, 0.15) is 5.82 Å². The Balaban J connectivity index is 2.18. The predicted molar refractivity (Wildman–Crippen MR) is 64.1 cm³/mol. The van der Waals surface area contributed by atoms with Crippen LogP contribution in [-0.4, -0.2) is 15.0 Å². The first-order valence-corrected chi connectivity index (χ1v) is 5.20. The van der Waals surface area contributed by atoms with E-state index in [-0.39, 0.29) is 0 Å². The van der Waals surface area contributed by atoms with Crippen molar-refractivity contribution in [3.8, 4) is 11.1 Å². The molecule has 3 heteroatoms. The summed E-state index contributed by atoms with van der Waals surface area (Å²) in [6, 6.07) is 10.2. The summed E-state index contributed by atoms with van der Waals surface area (Å²) in [5.41, 5.74) is 4.33. The van der Waals surface area contributed by atoms with Crippen LogP contribution in [0, 0.1) is 6.92 Å². The molecule has 0 amide bonds. The molecule has 2 heterocycles. The van der Waals surface area contributed by atoms with Crippen molar-refractivity contribution in [2.75, 3.05) is 0 Å². The van der Waals surface area contributed by atoms with E-state index in [1.807, 2.05) is 25.3 Å². The van der Waals surface area contributed by atoms with Crippen LogP contribution in [-0.2, 0) is 0 Å². The lowest BCUT2D eigenvalue weighted by Gasteiger charge is -1.99. The van der Waals surface area contributed by atoms with E-state index >= 15 is 0 Å². The topological polar surface area (TPSA) is 41.6 Å². The van der Waals surface area contributed by atoms with Crippen LogP contribution in [0.4, 0.5) is 0 Å². The molecule has 1 N–H and O–H groups in total. The van der Waals surface area contributed by atoms with Gasteiger partial charge in [0.25, 0.3) is 0 Å². The van der Waals surface area contributed by atoms with Crippen LogP contribution >= 0.6 is 0 Å². The molecule has 0 atom stereocenters. The molecule has 2 aromatic heterocycles. The van der Waals surface area contributed by atoms with E-state index in [4.69, 9.17) is 0 Å². The van der Waals surface area contributed by atoms with E-state index in [9.17, 15) is 0 Å². The van der Waals surface area contributed by atoms with Gasteiger partial charge in [-0.3, -0.25) is 4.98 Å². The fourth-order valence-corrected chi connectivity index (χ4v) is 1.85. The normalized spacial score (nSPS) is 10.8. The molecule has 0 aliphatic carbocycles. The Morgan fingerprint density at radius 1 is 1.12 bits per heavy atom. The van der Waals surface area contributed by atoms with Gasteiger partial charge in [0.15, 0.2) is 0 Å². The van der Waals surface area contributed by atoms with Gasteiger partial charge in [-0.05, 0) is 30.7 Å². The molecule has 1 aromatic carbocycles. The summed E-state index contributed by atoms with van der Waals surface area (Å²) in [7, 11) is 0. The van der Waals surface area contributed by atoms with Crippen molar-refractivity contribution in [1.82, 2.24) is 15.0 Å². The van der Waals surface area contributed by atoms with Crippen molar-refractivity contribution in [3.05, 3.63) is 48.5 Å². The van der Waals surface area contributed by atoms with Crippen LogP contribution in [0.25, 0.3) is 22.2 Å². The SMILES string of the molecule is Cc1nc2cc(-c3cccnc3)ccc2[nH]1. The first kappa shape index (κ1) is 9.09. The number of benzene rings is 1. The molecule has 0 unspecified atom stereocenters. The van der Waals surface area contributed by atoms with Gasteiger partial charge >= 0.3 is 0 Å². The third-order valence-corrected chi connectivity index (χ3v) is 2.60. The summed E-state index contributed by atoms with van der Waals surface area (Å²) in [6.45, 7) is 1.96. The fraction of sp³-hybridized carbons (Fsp3) is 0.0769. The number of nitrogens with zero attached hydrogens (tertiary/aromatic N) is 2. The van der Waals surface area contributed by atoms with Crippen molar-refractivity contribution >= 4 is 11.0 Å². The third-order valence-electron chi connectivity index (χ3n) is 2.60. The highest BCUT2D eigenvalue weighted by Gasteiger charge is 2.02. The second-order valence-electron chi connectivity index (χ2n) is 3.80. The number of H-pyrrole nitrogens is 1. The summed E-state index contributed by atoms with van der Waals surface area (Å²) in [5.74, 6) is 0.943. The van der Waals surface area contributed by atoms with Gasteiger partial charge in [-0.2, -0.15) is 0 Å². The molecule has 16 heavy (non-hydrogen) atoms. The van der Waals surface area contributed by atoms with Gasteiger partial charge in [0.1, 0.15) is 5.82 Å². The van der Waals surface area contributed by atoms with Crippen molar-refractivity contribution in [2.24, 2.45) is 0 Å². The molecule has 0 spiro atoms. The summed E-state index contributed by atoms with van der Waals surface area (Å²) in [4.78, 5) is 11.8. The summed E-state index contributed by atoms with van der Waals surface area (Å²) < 4.78 is 0. The quantitative estimate of drug-likeness (QED) is 0.669. The van der Waals surface area contributed by atoms with Gasteiger partial charge in [0, 0.05) is 18.0 Å². The molecular formula is C13H11N3. The van der Waals surface area contributed by atoms with E-state index in [2.05, 4.69) is 33.2 Å². The average Bonchev–Trinajstić information content (AvgIpc) is 2.69. The van der Waals surface area contributed by atoms with Crippen LogP contribution < -0.4 is 0 Å². The highest BCUT2D eigenvalue weighted by Crippen LogP contribution is 2.22. The third kappa shape index (κ3) is 1.46. The number of aromatic amines is 1. The zero-order chi connectivity index (χ0) is 11.0. The summed E-state index contributed by atoms with van der Waals surface area (Å²) in [6.07, 6.45) is 3.64. The van der Waals surface area contributed by atoms with E-state index < -0.39 is 0 Å². The van der Waals surface area contributed by atoms with Gasteiger partial charge in [-0.25, -0.2) is 4.98 Å². The fourth-order valence-electron chi connectivity index (χ4n) is 1.85. The Kier molecular flexibility index (Phi) is 1.96. The van der Waals surface area contributed by atoms with Crippen molar-refractivity contribution < 1.29 is 0 Å². The summed E-state index contributed by atoms with van der Waals surface area (Å²) >= 11 is 0. The number of aromatic nitrogens is 3. The van der Waals surface area contributed by atoms with Crippen molar-refractivity contribution in [1.29, 1.82) is 0 Å². The van der Waals surface area contributed by atoms with Crippen LogP contribution in [0.15, 0.2) is 42.7 Å². The molecule has 0 radical (unpaired) electrons. The molecule has 78 valence electrons. The molecule has 0 saturated carbocycles. The highest BCUT2D eigenvalue weighted by molar-refractivity contribution is 5.81. The lowest BCUT2D eigenvalue weighted by Crippen LogP contribution is -1.79. The molecule has 3 rings (SSSR count). The lowest BCUT2D eigenvalue weighted by atomic mass is 10.1. The molecule has 3 nitrogen and oxygen atoms in total. The standard InChI is InChI=1S/C13H11N3/c1-9-15-12-5-4-10(7-13(12)16-9)11-3-2-6-14-8-11/h2-8H,1H3,(H,15,16). The van der Waals surface area contributed by atoms with Gasteiger partial charge in [-0.15, -0.1) is 0 Å². The number of hydrogen-bond donors (Lipinski definition) is 1. The number of nitrogens with one attached hydrogen (secondary N) is 1. The summed E-state index contributed by atoms with van der Waals surface area (Å²) in [5, 5.41) is 0. The first-order chi connectivity index (χ1) is 7.83. The minimum Gasteiger partial charge on any atom is -0.342 e. The largest absolute Gasteiger partial charge is 0.342 e. The van der Waals surface area contributed by atoms with Gasteiger partial charge in [0.2, 0.25) is 0 Å². The first-order valence-electron chi connectivity index (χ1n) is 5.20. The molecule has 3 aromatic rings. The monoisotopic (exact) mass is 209 g/mol. The molecule has 0 bridgehead atoms. The molecular weight excluding hydrogens is 198 g/mol. The molecule has 0 aliphatic heterocycles. The number of pyridine rings is 1. The van der Waals surface area contributed by atoms with Crippen molar-refractivity contribution in [3.63, 3.8) is 0 Å². The Bertz CT molecular complexity index is 626.